The van der Waals surface area contributed by atoms with Gasteiger partial charge in [0.05, 0.1) is 10.5 Å². The second kappa shape index (κ2) is 7.15. The number of benzene rings is 2. The number of sulfone groups is 1. The molecule has 1 aromatic heterocycles. The maximum atomic E-state index is 14.2. The smallest absolute Gasteiger partial charge is 0.236 e. The van der Waals surface area contributed by atoms with Gasteiger partial charge in [-0.2, -0.15) is 4.98 Å². The highest BCUT2D eigenvalue weighted by molar-refractivity contribution is 7.91. The van der Waals surface area contributed by atoms with Crippen molar-refractivity contribution in [3.8, 4) is 11.5 Å². The molecule has 0 saturated carbocycles. The lowest BCUT2D eigenvalue weighted by Gasteiger charge is -2.26. The van der Waals surface area contributed by atoms with E-state index in [4.69, 9.17) is 4.42 Å². The van der Waals surface area contributed by atoms with Gasteiger partial charge in [0.1, 0.15) is 5.82 Å². The summed E-state index contributed by atoms with van der Waals surface area (Å²) in [7, 11) is -3.89. The molecular weight excluding hydrogens is 367 g/mol. The van der Waals surface area contributed by atoms with Gasteiger partial charge in [0.15, 0.2) is 0 Å². The van der Waals surface area contributed by atoms with E-state index in [1.807, 2.05) is 4.90 Å². The number of hydrogen-bond acceptors (Lipinski definition) is 5. The Morgan fingerprint density at radius 3 is 2.30 bits per heavy atom. The van der Waals surface area contributed by atoms with Crippen molar-refractivity contribution in [2.75, 3.05) is 18.0 Å². The van der Waals surface area contributed by atoms with E-state index in [1.54, 1.807) is 30.3 Å². The summed E-state index contributed by atoms with van der Waals surface area (Å²) < 4.78 is 46.4. The number of anilines is 1. The Kier molecular flexibility index (Phi) is 4.70. The maximum Gasteiger partial charge on any atom is 0.236 e. The quantitative estimate of drug-likeness (QED) is 0.669. The Balaban J connectivity index is 1.88. The number of halogens is 1. The Morgan fingerprint density at radius 1 is 0.926 bits per heavy atom. The highest BCUT2D eigenvalue weighted by atomic mass is 32.2. The molecule has 1 aliphatic rings. The van der Waals surface area contributed by atoms with Gasteiger partial charge in [-0.15, -0.1) is 0 Å². The average molecular weight is 386 g/mol. The Morgan fingerprint density at radius 2 is 1.59 bits per heavy atom. The monoisotopic (exact) mass is 386 g/mol. The molecule has 0 bridgehead atoms. The molecule has 0 N–H and O–H groups in total. The fourth-order valence-electron chi connectivity index (χ4n) is 3.23. The minimum Gasteiger partial charge on any atom is -0.419 e. The van der Waals surface area contributed by atoms with Crippen LogP contribution in [0.25, 0.3) is 11.5 Å². The molecule has 27 heavy (non-hydrogen) atoms. The molecule has 0 aliphatic carbocycles. The van der Waals surface area contributed by atoms with Gasteiger partial charge in [-0.25, -0.2) is 12.8 Å². The summed E-state index contributed by atoms with van der Waals surface area (Å²) in [5.74, 6) is -0.340. The van der Waals surface area contributed by atoms with Gasteiger partial charge in [-0.3, -0.25) is 0 Å². The lowest BCUT2D eigenvalue weighted by molar-refractivity contribution is 0.497. The van der Waals surface area contributed by atoms with E-state index in [-0.39, 0.29) is 27.3 Å². The van der Waals surface area contributed by atoms with E-state index in [0.717, 1.165) is 19.3 Å². The molecule has 7 heteroatoms. The Hall–Kier alpha value is -2.67. The number of oxazole rings is 1. The van der Waals surface area contributed by atoms with Gasteiger partial charge in [-0.1, -0.05) is 30.3 Å². The molecule has 1 saturated heterocycles. The molecule has 1 aliphatic heterocycles. The molecule has 2 aromatic carbocycles. The molecule has 0 unspecified atom stereocenters. The lowest BCUT2D eigenvalue weighted by atomic mass is 10.1. The molecular formula is C20H19FN2O3S. The van der Waals surface area contributed by atoms with Crippen LogP contribution in [0.1, 0.15) is 19.3 Å². The number of piperidine rings is 1. The molecule has 5 nitrogen and oxygen atoms in total. The van der Waals surface area contributed by atoms with Crippen molar-refractivity contribution in [1.29, 1.82) is 0 Å². The zero-order valence-electron chi connectivity index (χ0n) is 14.6. The summed E-state index contributed by atoms with van der Waals surface area (Å²) in [6, 6.07) is 14.2. The second-order valence-corrected chi connectivity index (χ2v) is 8.34. The van der Waals surface area contributed by atoms with Crippen LogP contribution in [-0.2, 0) is 9.84 Å². The van der Waals surface area contributed by atoms with E-state index in [2.05, 4.69) is 4.98 Å². The van der Waals surface area contributed by atoms with Crippen LogP contribution in [-0.4, -0.2) is 26.5 Å². The number of rotatable bonds is 4. The molecule has 0 radical (unpaired) electrons. The van der Waals surface area contributed by atoms with Gasteiger partial charge < -0.3 is 9.32 Å². The van der Waals surface area contributed by atoms with Crippen LogP contribution in [0, 0.1) is 5.82 Å². The fraction of sp³-hybridized carbons (Fsp3) is 0.250. The van der Waals surface area contributed by atoms with Crippen molar-refractivity contribution in [2.24, 2.45) is 0 Å². The summed E-state index contributed by atoms with van der Waals surface area (Å²) in [4.78, 5) is 6.25. The Bertz CT molecular complexity index is 1040. The topological polar surface area (TPSA) is 63.4 Å². The molecule has 0 amide bonds. The predicted octanol–water partition coefficient (Wildman–Crippen LogP) is 4.30. The van der Waals surface area contributed by atoms with Crippen molar-refractivity contribution in [3.05, 3.63) is 60.4 Å². The molecule has 3 aromatic rings. The van der Waals surface area contributed by atoms with Crippen molar-refractivity contribution in [1.82, 2.24) is 4.98 Å². The van der Waals surface area contributed by atoms with Crippen LogP contribution in [0.2, 0.25) is 0 Å². The Labute approximate surface area is 157 Å². The zero-order valence-corrected chi connectivity index (χ0v) is 15.5. The predicted molar refractivity (Wildman–Crippen MR) is 99.9 cm³/mol. The second-order valence-electron chi connectivity index (χ2n) is 6.47. The van der Waals surface area contributed by atoms with Crippen molar-refractivity contribution in [2.45, 2.75) is 29.2 Å². The molecule has 2 heterocycles. The van der Waals surface area contributed by atoms with Gasteiger partial charge in [0, 0.05) is 13.1 Å². The van der Waals surface area contributed by atoms with Crippen molar-refractivity contribution in [3.63, 3.8) is 0 Å². The van der Waals surface area contributed by atoms with Gasteiger partial charge >= 0.3 is 0 Å². The average Bonchev–Trinajstić information content (AvgIpc) is 3.16. The lowest BCUT2D eigenvalue weighted by Crippen LogP contribution is -2.30. The highest BCUT2D eigenvalue weighted by Gasteiger charge is 2.32. The standard InChI is InChI=1S/C20H19FN2O3S/c21-17-12-6-5-11-16(17)18-22-19(20(26-18)23-13-7-2-8-14-23)27(24,25)15-9-3-1-4-10-15/h1,3-6,9-12H,2,7-8,13-14H2. The third-order valence-corrected chi connectivity index (χ3v) is 6.30. The number of aromatic nitrogens is 1. The minimum atomic E-state index is -3.89. The third-order valence-electron chi connectivity index (χ3n) is 4.63. The van der Waals surface area contributed by atoms with Crippen LogP contribution in [0.15, 0.2) is 68.9 Å². The van der Waals surface area contributed by atoms with Gasteiger partial charge in [-0.05, 0) is 43.5 Å². The summed E-state index contributed by atoms with van der Waals surface area (Å²) in [6.45, 7) is 1.37. The zero-order chi connectivity index (χ0) is 18.9. The van der Waals surface area contributed by atoms with Crippen molar-refractivity contribution >= 4 is 15.7 Å². The maximum absolute atomic E-state index is 14.2. The first kappa shape index (κ1) is 17.7. The first-order valence-corrected chi connectivity index (χ1v) is 10.4. The highest BCUT2D eigenvalue weighted by Crippen LogP contribution is 2.36. The van der Waals surface area contributed by atoms with Crippen LogP contribution in [0.4, 0.5) is 10.3 Å². The molecule has 4 rings (SSSR count). The molecule has 140 valence electrons. The fourth-order valence-corrected chi connectivity index (χ4v) is 4.57. The summed E-state index contributed by atoms with van der Waals surface area (Å²) in [5, 5.41) is -0.158. The first-order valence-electron chi connectivity index (χ1n) is 8.88. The summed E-state index contributed by atoms with van der Waals surface area (Å²) in [6.07, 6.45) is 2.98. The molecule has 1 fully saturated rings. The van der Waals surface area contributed by atoms with Gasteiger partial charge in [0.2, 0.25) is 26.6 Å². The summed E-state index contributed by atoms with van der Waals surface area (Å²) in [5.41, 5.74) is 0.144. The van der Waals surface area contributed by atoms with Crippen molar-refractivity contribution < 1.29 is 17.2 Å². The van der Waals surface area contributed by atoms with Crippen LogP contribution >= 0.6 is 0 Å². The molecule has 0 spiro atoms. The van der Waals surface area contributed by atoms with Gasteiger partial charge in [0.25, 0.3) is 0 Å². The van der Waals surface area contributed by atoms with E-state index in [0.29, 0.717) is 13.1 Å². The summed E-state index contributed by atoms with van der Waals surface area (Å²) >= 11 is 0. The van der Waals surface area contributed by atoms with Crippen LogP contribution < -0.4 is 4.90 Å². The van der Waals surface area contributed by atoms with E-state index >= 15 is 0 Å². The third kappa shape index (κ3) is 3.35. The minimum absolute atomic E-state index is 0.0248. The number of hydrogen-bond donors (Lipinski definition) is 0. The normalized spacial score (nSPS) is 15.1. The number of nitrogens with zero attached hydrogens (tertiary/aromatic N) is 2. The largest absolute Gasteiger partial charge is 0.419 e. The van der Waals surface area contributed by atoms with E-state index in [9.17, 15) is 12.8 Å². The SMILES string of the molecule is O=S(=O)(c1ccccc1)c1nc(-c2ccccc2F)oc1N1CCCCC1. The van der Waals surface area contributed by atoms with E-state index < -0.39 is 15.7 Å². The molecule has 0 atom stereocenters. The van der Waals surface area contributed by atoms with Crippen LogP contribution in [0.3, 0.4) is 0 Å². The van der Waals surface area contributed by atoms with Crippen LogP contribution in [0.5, 0.6) is 0 Å². The van der Waals surface area contributed by atoms with E-state index in [1.165, 1.54) is 24.3 Å². The first-order chi connectivity index (χ1) is 13.1.